The molecule has 0 aliphatic carbocycles. The van der Waals surface area contributed by atoms with Crippen molar-refractivity contribution in [2.24, 2.45) is 17.8 Å². The maximum atomic E-state index is 14.6. The zero-order chi connectivity index (χ0) is 37.5. The maximum Gasteiger partial charge on any atom is 0.307 e. The lowest BCUT2D eigenvalue weighted by molar-refractivity contribution is -0.161. The quantitative estimate of drug-likeness (QED) is 0.0998. The second-order valence-corrected chi connectivity index (χ2v) is 14.8. The van der Waals surface area contributed by atoms with E-state index in [1.54, 1.807) is 0 Å². The molecular formula is C35H57N5O9S. The van der Waals surface area contributed by atoms with Crippen LogP contribution in [0.5, 0.6) is 0 Å². The summed E-state index contributed by atoms with van der Waals surface area (Å²) in [7, 11) is 1.90. The fourth-order valence-electron chi connectivity index (χ4n) is 5.82. The second-order valence-electron chi connectivity index (χ2n) is 13.9. The number of carbonyl (C=O) groups is 6. The SMILES string of the molecule is CC[C@H](C)[C@H](NC(=O)C1CCCCN1C)C(=O)N(COC(=O)CC(C)C)[C@H](C[C@@H](OC(C)=O)c1nc(C(=O)NCCCC(=O)O)cs1)C(C)C. The molecule has 282 valence electrons. The van der Waals surface area contributed by atoms with E-state index in [0.29, 0.717) is 17.8 Å². The zero-order valence-electron chi connectivity index (χ0n) is 30.9. The van der Waals surface area contributed by atoms with Gasteiger partial charge in [0, 0.05) is 44.2 Å². The molecular weight excluding hydrogens is 666 g/mol. The molecule has 0 spiro atoms. The van der Waals surface area contributed by atoms with Gasteiger partial charge in [0.05, 0.1) is 6.04 Å². The molecule has 3 N–H and O–H groups in total. The Morgan fingerprint density at radius 3 is 2.40 bits per heavy atom. The lowest BCUT2D eigenvalue weighted by atomic mass is 9.92. The molecule has 0 bridgehead atoms. The minimum Gasteiger partial charge on any atom is -0.481 e. The monoisotopic (exact) mass is 723 g/mol. The number of likely N-dealkylation sites (tertiary alicyclic amines) is 1. The van der Waals surface area contributed by atoms with Gasteiger partial charge in [0.1, 0.15) is 16.7 Å². The predicted octanol–water partition coefficient (Wildman–Crippen LogP) is 4.15. The van der Waals surface area contributed by atoms with Gasteiger partial charge < -0.3 is 30.1 Å². The summed E-state index contributed by atoms with van der Waals surface area (Å²) in [5, 5.41) is 16.4. The molecule has 1 unspecified atom stereocenters. The number of piperidine rings is 1. The van der Waals surface area contributed by atoms with Gasteiger partial charge in [-0.25, -0.2) is 4.98 Å². The van der Waals surface area contributed by atoms with Gasteiger partial charge in [-0.1, -0.05) is 54.4 Å². The van der Waals surface area contributed by atoms with Crippen molar-refractivity contribution < 1.29 is 43.3 Å². The van der Waals surface area contributed by atoms with Crippen LogP contribution < -0.4 is 10.6 Å². The Morgan fingerprint density at radius 1 is 1.12 bits per heavy atom. The van der Waals surface area contributed by atoms with Crippen LogP contribution in [0.2, 0.25) is 0 Å². The van der Waals surface area contributed by atoms with Crippen molar-refractivity contribution in [3.8, 4) is 0 Å². The largest absolute Gasteiger partial charge is 0.481 e. The maximum absolute atomic E-state index is 14.6. The molecule has 0 aromatic carbocycles. The molecule has 5 atom stereocenters. The van der Waals surface area contributed by atoms with E-state index in [1.165, 1.54) is 17.2 Å². The van der Waals surface area contributed by atoms with Crippen molar-refractivity contribution in [2.75, 3.05) is 26.9 Å². The Morgan fingerprint density at radius 2 is 1.82 bits per heavy atom. The summed E-state index contributed by atoms with van der Waals surface area (Å²) >= 11 is 1.12. The number of carboxylic acids is 1. The number of likely N-dealkylation sites (N-methyl/N-ethyl adjacent to an activating group) is 1. The molecule has 1 saturated heterocycles. The summed E-state index contributed by atoms with van der Waals surface area (Å²) in [6, 6.07) is -1.91. The number of ether oxygens (including phenoxy) is 2. The third kappa shape index (κ3) is 13.6. The number of nitrogens with zero attached hydrogens (tertiary/aromatic N) is 3. The van der Waals surface area contributed by atoms with Gasteiger partial charge in [-0.2, -0.15) is 0 Å². The summed E-state index contributed by atoms with van der Waals surface area (Å²) in [5.41, 5.74) is 0.0846. The number of thiazole rings is 1. The first-order valence-electron chi connectivity index (χ1n) is 17.6. The number of aliphatic carboxylic acids is 1. The number of nitrogens with one attached hydrogen (secondary N) is 2. The number of amides is 3. The average Bonchev–Trinajstić information content (AvgIpc) is 3.54. The molecule has 1 fully saturated rings. The van der Waals surface area contributed by atoms with Crippen LogP contribution in [0, 0.1) is 17.8 Å². The third-order valence-corrected chi connectivity index (χ3v) is 9.83. The molecule has 1 aliphatic rings. The van der Waals surface area contributed by atoms with E-state index in [2.05, 4.69) is 15.6 Å². The van der Waals surface area contributed by atoms with E-state index in [-0.39, 0.29) is 74.4 Å². The van der Waals surface area contributed by atoms with Crippen LogP contribution in [0.3, 0.4) is 0 Å². The van der Waals surface area contributed by atoms with Crippen LogP contribution in [0.1, 0.15) is 121 Å². The lowest BCUT2D eigenvalue weighted by Gasteiger charge is -2.39. The number of hydrogen-bond donors (Lipinski definition) is 3. The van der Waals surface area contributed by atoms with Crippen LogP contribution >= 0.6 is 11.3 Å². The molecule has 0 saturated carbocycles. The Balaban J connectivity index is 2.45. The van der Waals surface area contributed by atoms with Gasteiger partial charge in [0.25, 0.3) is 5.91 Å². The number of carbonyl (C=O) groups excluding carboxylic acids is 5. The summed E-state index contributed by atoms with van der Waals surface area (Å²) in [5.74, 6) is -3.59. The highest BCUT2D eigenvalue weighted by Gasteiger charge is 2.39. The van der Waals surface area contributed by atoms with Crippen LogP contribution in [0.4, 0.5) is 0 Å². The predicted molar refractivity (Wildman–Crippen MR) is 188 cm³/mol. The average molecular weight is 724 g/mol. The number of aromatic nitrogens is 1. The first-order chi connectivity index (χ1) is 23.5. The molecule has 2 rings (SSSR count). The van der Waals surface area contributed by atoms with Crippen molar-refractivity contribution >= 4 is 47.0 Å². The minimum absolute atomic E-state index is 0.0361. The highest BCUT2D eigenvalue weighted by atomic mass is 32.1. The van der Waals surface area contributed by atoms with Gasteiger partial charge in [0.2, 0.25) is 11.8 Å². The summed E-state index contributed by atoms with van der Waals surface area (Å²) in [4.78, 5) is 84.7. The lowest BCUT2D eigenvalue weighted by Crippen LogP contribution is -2.59. The van der Waals surface area contributed by atoms with Crippen LogP contribution in [-0.4, -0.2) is 101 Å². The minimum atomic E-state index is -0.962. The summed E-state index contributed by atoms with van der Waals surface area (Å²) in [6.07, 6.45) is 2.65. The van der Waals surface area contributed by atoms with Crippen molar-refractivity contribution in [3.05, 3.63) is 16.1 Å². The molecule has 0 radical (unpaired) electrons. The van der Waals surface area contributed by atoms with Gasteiger partial charge in [-0.15, -0.1) is 11.3 Å². The van der Waals surface area contributed by atoms with E-state index < -0.39 is 47.9 Å². The molecule has 1 aromatic heterocycles. The molecule has 3 amide bonds. The fraction of sp³-hybridized carbons (Fsp3) is 0.743. The van der Waals surface area contributed by atoms with E-state index >= 15 is 0 Å². The molecule has 1 aromatic rings. The number of carboxylic acid groups (broad SMARTS) is 1. The van der Waals surface area contributed by atoms with E-state index in [9.17, 15) is 28.8 Å². The summed E-state index contributed by atoms with van der Waals surface area (Å²) in [6.45, 7) is 13.2. The second kappa shape index (κ2) is 20.9. The third-order valence-electron chi connectivity index (χ3n) is 8.89. The zero-order valence-corrected chi connectivity index (χ0v) is 31.7. The number of rotatable bonds is 20. The van der Waals surface area contributed by atoms with Gasteiger partial charge in [0.15, 0.2) is 12.8 Å². The molecule has 14 nitrogen and oxygen atoms in total. The highest BCUT2D eigenvalue weighted by molar-refractivity contribution is 7.09. The molecule has 50 heavy (non-hydrogen) atoms. The Bertz CT molecular complexity index is 1300. The first kappa shape index (κ1) is 42.6. The van der Waals surface area contributed by atoms with Gasteiger partial charge >= 0.3 is 17.9 Å². The normalized spacial score (nSPS) is 17.4. The van der Waals surface area contributed by atoms with Crippen LogP contribution in [0.25, 0.3) is 0 Å². The van der Waals surface area contributed by atoms with Crippen molar-refractivity contribution in [2.45, 2.75) is 124 Å². The molecule has 1 aliphatic heterocycles. The van der Waals surface area contributed by atoms with Gasteiger partial charge in [-0.05, 0) is 50.6 Å². The summed E-state index contributed by atoms with van der Waals surface area (Å²) < 4.78 is 11.4. The van der Waals surface area contributed by atoms with Crippen molar-refractivity contribution in [3.63, 3.8) is 0 Å². The van der Waals surface area contributed by atoms with E-state index in [1.807, 2.05) is 53.5 Å². The number of hydrogen-bond acceptors (Lipinski definition) is 11. The van der Waals surface area contributed by atoms with Crippen LogP contribution in [0.15, 0.2) is 5.38 Å². The molecule has 2 heterocycles. The van der Waals surface area contributed by atoms with Crippen molar-refractivity contribution in [1.29, 1.82) is 0 Å². The standard InChI is InChI=1S/C35H57N5O9S/c1-9-23(6)31(38-33(46)26-13-10-11-16-39(26)8)35(47)40(20-48-30(44)17-21(2)3)27(22(4)5)18-28(49-24(7)41)34-37-25(19-50-34)32(45)36-15-12-14-29(42)43/h19,21-23,26-28,31H,9-18,20H2,1-8H3,(H,36,45)(H,38,46)(H,42,43)/t23-,26?,27+,28+,31-/m0/s1. The Labute approximate surface area is 300 Å². The topological polar surface area (TPSA) is 185 Å². The molecule has 15 heteroatoms. The Hall–Kier alpha value is -3.59. The van der Waals surface area contributed by atoms with E-state index in [0.717, 1.165) is 30.7 Å². The Kier molecular flexibility index (Phi) is 17.8. The smallest absolute Gasteiger partial charge is 0.307 e. The van der Waals surface area contributed by atoms with Crippen molar-refractivity contribution in [1.82, 2.24) is 25.4 Å². The first-order valence-corrected chi connectivity index (χ1v) is 18.5. The fourth-order valence-corrected chi connectivity index (χ4v) is 6.66. The van der Waals surface area contributed by atoms with Gasteiger partial charge in [-0.3, -0.25) is 33.7 Å². The van der Waals surface area contributed by atoms with E-state index in [4.69, 9.17) is 14.6 Å². The number of esters is 2. The van der Waals surface area contributed by atoms with Crippen LogP contribution in [-0.2, 0) is 33.4 Å². The highest BCUT2D eigenvalue weighted by Crippen LogP contribution is 2.32.